The summed E-state index contributed by atoms with van der Waals surface area (Å²) in [7, 11) is 5.26. The summed E-state index contributed by atoms with van der Waals surface area (Å²) in [5.74, 6) is -3.90. The monoisotopic (exact) mass is 833 g/mol. The molecule has 58 heavy (non-hydrogen) atoms. The summed E-state index contributed by atoms with van der Waals surface area (Å²) < 4.78 is 37.8. The summed E-state index contributed by atoms with van der Waals surface area (Å²) in [5, 5.41) is 63.9. The van der Waals surface area contributed by atoms with Crippen LogP contribution in [0.1, 0.15) is 128 Å². The van der Waals surface area contributed by atoms with Gasteiger partial charge in [0.15, 0.2) is 12.6 Å². The minimum atomic E-state index is -1.92. The highest BCUT2D eigenvalue weighted by molar-refractivity contribution is 5.88. The molecule has 5 N–H and O–H groups in total. The second-order valence-electron chi connectivity index (χ2n) is 18.5. The third-order valence-electron chi connectivity index (χ3n) is 13.1. The minimum absolute atomic E-state index is 0.0301. The Morgan fingerprint density at radius 1 is 0.879 bits per heavy atom. The van der Waals surface area contributed by atoms with E-state index in [-0.39, 0.29) is 31.4 Å². The lowest BCUT2D eigenvalue weighted by Gasteiger charge is -2.49. The van der Waals surface area contributed by atoms with Crippen LogP contribution in [0.15, 0.2) is 5.16 Å². The molecular formula is C43H80N2O13. The second-order valence-corrected chi connectivity index (χ2v) is 18.5. The van der Waals surface area contributed by atoms with Gasteiger partial charge in [-0.25, -0.2) is 0 Å². The van der Waals surface area contributed by atoms with Crippen molar-refractivity contribution in [2.24, 2.45) is 28.8 Å². The van der Waals surface area contributed by atoms with Gasteiger partial charge in [-0.3, -0.25) is 4.79 Å². The number of hydrogen-bond donors (Lipinski definition) is 5. The van der Waals surface area contributed by atoms with E-state index in [4.69, 9.17) is 33.3 Å². The molecule has 3 fully saturated rings. The largest absolute Gasteiger partial charge is 0.459 e. The maximum absolute atomic E-state index is 14.3. The van der Waals surface area contributed by atoms with Gasteiger partial charge < -0.3 is 63.7 Å². The summed E-state index contributed by atoms with van der Waals surface area (Å²) in [5.41, 5.74) is -4.27. The van der Waals surface area contributed by atoms with E-state index in [1.54, 1.807) is 48.5 Å². The maximum atomic E-state index is 14.3. The number of ether oxygens (including phenoxy) is 6. The minimum Gasteiger partial charge on any atom is -0.459 e. The zero-order valence-corrected chi connectivity index (χ0v) is 37.9. The number of rotatable bonds is 13. The predicted molar refractivity (Wildman–Crippen MR) is 219 cm³/mol. The molecule has 2 unspecified atom stereocenters. The van der Waals surface area contributed by atoms with Crippen LogP contribution >= 0.6 is 0 Å². The van der Waals surface area contributed by atoms with Crippen molar-refractivity contribution in [3.05, 3.63) is 0 Å². The van der Waals surface area contributed by atoms with Gasteiger partial charge in [-0.05, 0) is 87.7 Å². The SMILES string of the molecule is CCCCCCO/N=C1\[C@H](C)CC(C)(O)[C@H](O[C@@H]2O[C@H](C)C[C@H](N(C)C)[C@H]2O)[C@@H](C)[C@H](OC2C[C@@](C)(OC)[C@@H](O)[C@H](C)O2)[C@@H](C)C(=O)O[C@H](CC)[C@@](C)(O)[C@H](O)[C@H]1C. The molecule has 0 aliphatic carbocycles. The van der Waals surface area contributed by atoms with Crippen molar-refractivity contribution >= 4 is 11.7 Å². The van der Waals surface area contributed by atoms with Crippen LogP contribution in [-0.4, -0.2) is 154 Å². The Morgan fingerprint density at radius 3 is 2.12 bits per heavy atom. The number of oxime groups is 1. The summed E-state index contributed by atoms with van der Waals surface area (Å²) in [6.45, 7) is 19.7. The molecule has 3 aliphatic rings. The molecule has 340 valence electrons. The Morgan fingerprint density at radius 2 is 1.53 bits per heavy atom. The van der Waals surface area contributed by atoms with E-state index in [0.29, 0.717) is 18.7 Å². The smallest absolute Gasteiger partial charge is 0.311 e. The van der Waals surface area contributed by atoms with Gasteiger partial charge in [-0.1, -0.05) is 52.6 Å². The summed E-state index contributed by atoms with van der Waals surface area (Å²) >= 11 is 0. The van der Waals surface area contributed by atoms with E-state index in [1.807, 2.05) is 32.8 Å². The number of aliphatic hydroxyl groups is 5. The number of likely N-dealkylation sites (N-methyl/N-ethyl adjacent to an activating group) is 1. The number of methoxy groups -OCH3 is 1. The van der Waals surface area contributed by atoms with Crippen molar-refractivity contribution in [2.45, 2.75) is 212 Å². The van der Waals surface area contributed by atoms with Gasteiger partial charge in [0.25, 0.3) is 0 Å². The lowest BCUT2D eigenvalue weighted by atomic mass is 9.73. The Hall–Kier alpha value is -1.50. The van der Waals surface area contributed by atoms with Crippen LogP contribution in [0, 0.1) is 23.7 Å². The molecule has 0 amide bonds. The van der Waals surface area contributed by atoms with Gasteiger partial charge in [0.1, 0.15) is 30.5 Å². The zero-order valence-electron chi connectivity index (χ0n) is 37.9. The molecule has 0 aromatic rings. The highest BCUT2D eigenvalue weighted by Gasteiger charge is 2.53. The van der Waals surface area contributed by atoms with Crippen LogP contribution in [0.5, 0.6) is 0 Å². The lowest BCUT2D eigenvalue weighted by molar-refractivity contribution is -0.317. The quantitative estimate of drug-likeness (QED) is 0.101. The van der Waals surface area contributed by atoms with E-state index in [9.17, 15) is 30.3 Å². The van der Waals surface area contributed by atoms with E-state index < -0.39 is 102 Å². The zero-order chi connectivity index (χ0) is 43.9. The van der Waals surface area contributed by atoms with Gasteiger partial charge in [0, 0.05) is 37.3 Å². The number of unbranched alkanes of at least 4 members (excludes halogenated alkanes) is 3. The number of aliphatic hydroxyl groups excluding tert-OH is 3. The van der Waals surface area contributed by atoms with Gasteiger partial charge in [-0.2, -0.15) is 0 Å². The first-order valence-electron chi connectivity index (χ1n) is 21.7. The van der Waals surface area contributed by atoms with E-state index in [1.165, 1.54) is 14.0 Å². The lowest BCUT2D eigenvalue weighted by Crippen LogP contribution is -2.61. The fraction of sp³-hybridized carbons (Fsp3) is 0.953. The van der Waals surface area contributed by atoms with Gasteiger partial charge >= 0.3 is 5.97 Å². The molecule has 0 spiro atoms. The van der Waals surface area contributed by atoms with Crippen LogP contribution in [-0.2, 0) is 38.1 Å². The molecular weight excluding hydrogens is 752 g/mol. The Balaban J connectivity index is 2.22. The van der Waals surface area contributed by atoms with Crippen molar-refractivity contribution in [1.82, 2.24) is 4.90 Å². The maximum Gasteiger partial charge on any atom is 0.311 e. The number of cyclic esters (lactones) is 1. The Bertz CT molecular complexity index is 1300. The number of carbonyl (C=O) groups is 1. The number of hydrogen-bond acceptors (Lipinski definition) is 15. The summed E-state index contributed by atoms with van der Waals surface area (Å²) in [4.78, 5) is 22.1. The fourth-order valence-corrected chi connectivity index (χ4v) is 9.31. The normalized spacial score (nSPS) is 45.8. The molecule has 3 saturated heterocycles. The Labute approximate surface area is 348 Å². The van der Waals surface area contributed by atoms with Crippen LogP contribution in [0.3, 0.4) is 0 Å². The Kier molecular flexibility index (Phi) is 18.9. The first-order valence-corrected chi connectivity index (χ1v) is 21.7. The summed E-state index contributed by atoms with van der Waals surface area (Å²) in [6, 6.07) is -0.308. The van der Waals surface area contributed by atoms with Crippen molar-refractivity contribution in [3.8, 4) is 0 Å². The molecule has 0 bridgehead atoms. The molecule has 15 nitrogen and oxygen atoms in total. The standard InChI is InChI=1S/C43H80N2O13/c1-15-17-18-19-20-53-44-33-24(3)22-41(9,50)38(58-40-34(46)30(45(12)13)21-25(4)54-40)27(6)35(57-32-23-42(10,52-14)37(48)29(8)55-32)28(7)39(49)56-31(16-2)43(11,51)36(47)26(33)5/h24-32,34-38,40,46-48,50-51H,15-23H2,1-14H3/b44-33+/t24-,25-,26+,27+,28-,29+,30+,31-,32?,34-,35+,36-,37+,38-,40+,41?,42-,43-/m1/s1. The average molecular weight is 833 g/mol. The van der Waals surface area contributed by atoms with Gasteiger partial charge in [0.2, 0.25) is 0 Å². The van der Waals surface area contributed by atoms with Gasteiger partial charge in [-0.15, -0.1) is 0 Å². The van der Waals surface area contributed by atoms with Crippen molar-refractivity contribution in [1.29, 1.82) is 0 Å². The molecule has 3 heterocycles. The molecule has 0 radical (unpaired) electrons. The first kappa shape index (κ1) is 50.9. The van der Waals surface area contributed by atoms with Gasteiger partial charge in [0.05, 0.1) is 53.4 Å². The van der Waals surface area contributed by atoms with Crippen LogP contribution in [0.4, 0.5) is 0 Å². The highest BCUT2D eigenvalue weighted by Crippen LogP contribution is 2.41. The average Bonchev–Trinajstić information content (AvgIpc) is 3.15. The van der Waals surface area contributed by atoms with Crippen molar-refractivity contribution in [3.63, 3.8) is 0 Å². The second kappa shape index (κ2) is 21.5. The third kappa shape index (κ3) is 12.1. The molecule has 0 aromatic heterocycles. The van der Waals surface area contributed by atoms with Crippen LogP contribution in [0.2, 0.25) is 0 Å². The summed E-state index contributed by atoms with van der Waals surface area (Å²) in [6.07, 6.45) is -5.20. The number of carbonyl (C=O) groups excluding carboxylic acids is 1. The van der Waals surface area contributed by atoms with Crippen molar-refractivity contribution in [2.75, 3.05) is 27.8 Å². The van der Waals surface area contributed by atoms with E-state index >= 15 is 0 Å². The van der Waals surface area contributed by atoms with Crippen molar-refractivity contribution < 1.29 is 63.6 Å². The molecule has 0 aromatic carbocycles. The highest BCUT2D eigenvalue weighted by atomic mass is 16.7. The van der Waals surface area contributed by atoms with Crippen LogP contribution < -0.4 is 0 Å². The number of esters is 1. The van der Waals surface area contributed by atoms with E-state index in [2.05, 4.69) is 12.1 Å². The van der Waals surface area contributed by atoms with E-state index in [0.717, 1.165) is 25.7 Å². The molecule has 0 saturated carbocycles. The number of nitrogens with zero attached hydrogens (tertiary/aromatic N) is 2. The fourth-order valence-electron chi connectivity index (χ4n) is 9.31. The topological polar surface area (TPSA) is 198 Å². The molecule has 3 aliphatic heterocycles. The first-order chi connectivity index (χ1) is 27.0. The molecule has 18 atom stereocenters. The third-order valence-corrected chi connectivity index (χ3v) is 13.1. The predicted octanol–water partition coefficient (Wildman–Crippen LogP) is 4.17. The molecule has 3 rings (SSSR count). The van der Waals surface area contributed by atoms with Crippen LogP contribution in [0.25, 0.3) is 0 Å². The molecule has 15 heteroatoms.